The van der Waals surface area contributed by atoms with Crippen LogP contribution in [0.3, 0.4) is 0 Å². The lowest BCUT2D eigenvalue weighted by Crippen LogP contribution is -2.47. The zero-order valence-electron chi connectivity index (χ0n) is 24.8. The number of aryl methyl sites for hydroxylation is 4. The van der Waals surface area contributed by atoms with Gasteiger partial charge in [-0.3, -0.25) is 30.6 Å². The molecule has 42 heavy (non-hydrogen) atoms. The Bertz CT molecular complexity index is 1280. The molecule has 0 atom stereocenters. The maximum Gasteiger partial charge on any atom is 0.329 e. The predicted octanol–water partition coefficient (Wildman–Crippen LogP) is 6.93. The van der Waals surface area contributed by atoms with Gasteiger partial charge in [0.2, 0.25) is 0 Å². The monoisotopic (exact) mass is 703 g/mol. The van der Waals surface area contributed by atoms with Gasteiger partial charge < -0.3 is 5.11 Å². The number of aliphatic hydroxyl groups is 1. The second kappa shape index (κ2) is 12.5. The molecule has 4 aliphatic rings. The van der Waals surface area contributed by atoms with E-state index in [1.807, 2.05) is 52.0 Å². The summed E-state index contributed by atoms with van der Waals surface area (Å²) in [6.45, 7) is 8.05. The van der Waals surface area contributed by atoms with Gasteiger partial charge in [-0.25, -0.2) is 9.59 Å². The quantitative estimate of drug-likeness (QED) is 0.253. The summed E-state index contributed by atoms with van der Waals surface area (Å²) in [5.41, 5.74) is 4.96. The van der Waals surface area contributed by atoms with Crippen LogP contribution < -0.4 is 20.4 Å². The van der Waals surface area contributed by atoms with E-state index in [-0.39, 0.29) is 18.0 Å². The molecule has 6 rings (SSSR count). The Morgan fingerprint density at radius 2 is 1.00 bits per heavy atom. The van der Waals surface area contributed by atoms with Gasteiger partial charge in [-0.15, -0.1) is 0 Å². The normalized spacial score (nSPS) is 20.0. The van der Waals surface area contributed by atoms with Crippen molar-refractivity contribution in [2.24, 2.45) is 0 Å². The highest BCUT2D eigenvalue weighted by Gasteiger charge is 2.55. The highest BCUT2D eigenvalue weighted by atomic mass is 79.9. The molecule has 4 fully saturated rings. The van der Waals surface area contributed by atoms with Crippen LogP contribution in [0.5, 0.6) is 0 Å². The van der Waals surface area contributed by atoms with Gasteiger partial charge in [-0.05, 0) is 99.9 Å². The summed E-state index contributed by atoms with van der Waals surface area (Å²) < 4.78 is 2.13. The summed E-state index contributed by atoms with van der Waals surface area (Å²) in [6.07, 6.45) is 7.37. The second-order valence-electron chi connectivity index (χ2n) is 11.5. The molecule has 2 aromatic rings. The van der Waals surface area contributed by atoms with Crippen LogP contribution in [0.4, 0.5) is 21.0 Å². The molecular formula is C31H39Br2N5O4. The number of nitrogens with one attached hydrogen (secondary N) is 3. The van der Waals surface area contributed by atoms with Crippen LogP contribution in [0.25, 0.3) is 0 Å². The Morgan fingerprint density at radius 1 is 0.667 bits per heavy atom. The third-order valence-corrected chi connectivity index (χ3v) is 11.3. The Labute approximate surface area is 264 Å². The zero-order valence-corrected chi connectivity index (χ0v) is 28.0. The van der Waals surface area contributed by atoms with E-state index in [9.17, 15) is 14.4 Å². The summed E-state index contributed by atoms with van der Waals surface area (Å²) in [5.74, 6) is 0.219. The molecule has 226 valence electrons. The van der Waals surface area contributed by atoms with Crippen molar-refractivity contribution < 1.29 is 19.5 Å². The smallest absolute Gasteiger partial charge is 0.329 e. The minimum Gasteiger partial charge on any atom is -0.400 e. The Morgan fingerprint density at radius 3 is 1.40 bits per heavy atom. The molecule has 2 aliphatic carbocycles. The van der Waals surface area contributed by atoms with E-state index in [0.717, 1.165) is 101 Å². The first-order chi connectivity index (χ1) is 19.9. The second-order valence-corrected chi connectivity index (χ2v) is 13.1. The number of rotatable bonds is 2. The predicted molar refractivity (Wildman–Crippen MR) is 173 cm³/mol. The van der Waals surface area contributed by atoms with Crippen molar-refractivity contribution in [3.05, 3.63) is 55.5 Å². The summed E-state index contributed by atoms with van der Waals surface area (Å²) >= 11 is 7.10. The maximum atomic E-state index is 12.3. The molecule has 2 spiro atoms. The number of imide groups is 1. The van der Waals surface area contributed by atoms with Crippen LogP contribution in [0, 0.1) is 33.1 Å². The number of hydrogen-bond donors (Lipinski definition) is 4. The minimum atomic E-state index is -0.663. The average Bonchev–Trinajstić information content (AvgIpc) is 3.72. The molecule has 0 radical (unpaired) electrons. The number of anilines is 2. The van der Waals surface area contributed by atoms with E-state index >= 15 is 0 Å². The molecule has 2 saturated carbocycles. The van der Waals surface area contributed by atoms with Gasteiger partial charge in [0.05, 0.1) is 0 Å². The fourth-order valence-corrected chi connectivity index (χ4v) is 7.29. The lowest BCUT2D eigenvalue weighted by Gasteiger charge is -2.33. The molecule has 0 unspecified atom stereocenters. The van der Waals surface area contributed by atoms with Crippen LogP contribution in [0.15, 0.2) is 33.2 Å². The number of aliphatic hydroxyl groups excluding tert-OH is 1. The molecule has 0 aromatic heterocycles. The molecule has 2 aromatic carbocycles. The molecule has 11 heteroatoms. The molecule has 5 amide bonds. The van der Waals surface area contributed by atoms with Crippen molar-refractivity contribution >= 4 is 67.0 Å². The van der Waals surface area contributed by atoms with Crippen molar-refractivity contribution in [1.82, 2.24) is 10.6 Å². The van der Waals surface area contributed by atoms with Crippen molar-refractivity contribution in [3.63, 3.8) is 0 Å². The summed E-state index contributed by atoms with van der Waals surface area (Å²) in [7, 11) is 1.00. The third kappa shape index (κ3) is 5.39. The lowest BCUT2D eigenvalue weighted by molar-refractivity contribution is -0.123. The van der Waals surface area contributed by atoms with E-state index < -0.39 is 11.1 Å². The van der Waals surface area contributed by atoms with Gasteiger partial charge >= 0.3 is 12.1 Å². The maximum absolute atomic E-state index is 12.3. The first kappa shape index (κ1) is 32.2. The third-order valence-electron chi connectivity index (χ3n) is 8.82. The highest BCUT2D eigenvalue weighted by Crippen LogP contribution is 2.44. The van der Waals surface area contributed by atoms with Crippen molar-refractivity contribution in [3.8, 4) is 0 Å². The van der Waals surface area contributed by atoms with Gasteiger partial charge in [-0.1, -0.05) is 57.5 Å². The SMILES string of the molecule is CO.Cc1cc(N2C(=O)NC(=N)C23CCCC3)cc(C)c1Br.Cc1cc(N2C(=O)NC(=O)C23CCCC3)cc(C)c1Br. The van der Waals surface area contributed by atoms with Crippen LogP contribution in [-0.4, -0.2) is 47.1 Å². The minimum absolute atomic E-state index is 0.141. The Kier molecular flexibility index (Phi) is 9.54. The molecular weight excluding hydrogens is 666 g/mol. The highest BCUT2D eigenvalue weighted by molar-refractivity contribution is 9.10. The lowest BCUT2D eigenvalue weighted by atomic mass is 9.94. The largest absolute Gasteiger partial charge is 0.400 e. The summed E-state index contributed by atoms with van der Waals surface area (Å²) in [4.78, 5) is 40.3. The van der Waals surface area contributed by atoms with E-state index in [0.29, 0.717) is 5.84 Å². The number of carbonyl (C=O) groups excluding carboxylic acids is 3. The van der Waals surface area contributed by atoms with Crippen molar-refractivity contribution in [2.75, 3.05) is 16.9 Å². The van der Waals surface area contributed by atoms with Crippen LogP contribution in [0.1, 0.15) is 73.6 Å². The number of nitrogens with zero attached hydrogens (tertiary/aromatic N) is 2. The van der Waals surface area contributed by atoms with Gasteiger partial charge in [-0.2, -0.15) is 0 Å². The van der Waals surface area contributed by atoms with Gasteiger partial charge in [0.15, 0.2) is 0 Å². The zero-order chi connectivity index (χ0) is 31.0. The number of halogens is 2. The number of urea groups is 2. The fraction of sp³-hybridized carbons (Fsp3) is 0.484. The number of amidine groups is 1. The number of carbonyl (C=O) groups is 3. The molecule has 0 bridgehead atoms. The van der Waals surface area contributed by atoms with Crippen LogP contribution in [-0.2, 0) is 4.79 Å². The Balaban J connectivity index is 0.000000182. The van der Waals surface area contributed by atoms with Crippen LogP contribution >= 0.6 is 31.9 Å². The molecule has 2 aliphatic heterocycles. The van der Waals surface area contributed by atoms with E-state index in [2.05, 4.69) is 42.5 Å². The van der Waals surface area contributed by atoms with Crippen LogP contribution in [0.2, 0.25) is 0 Å². The molecule has 2 heterocycles. The summed E-state index contributed by atoms with van der Waals surface area (Å²) in [5, 5.41) is 20.4. The first-order valence-corrected chi connectivity index (χ1v) is 15.8. The standard InChI is InChI=1S/C15H18BrN3O.C15H17BrN2O2.CH4O/c1-9-7-11(8-10(2)12(9)16)19-14(20)18-13(17)15(19)5-3-4-6-15;1-9-7-11(8-10(2)12(9)16)18-14(20)17-13(19)15(18)5-3-4-6-15;1-2/h7-8H,3-6H2,1-2H3,(H2,17,18,20);7-8H,3-6H2,1-2H3,(H,17,19,20);2H,1H3. The molecule has 4 N–H and O–H groups in total. The van der Waals surface area contributed by atoms with Crippen molar-refractivity contribution in [2.45, 2.75) is 90.1 Å². The topological polar surface area (TPSA) is 126 Å². The van der Waals surface area contributed by atoms with Gasteiger partial charge in [0, 0.05) is 27.4 Å². The van der Waals surface area contributed by atoms with Crippen molar-refractivity contribution in [1.29, 1.82) is 5.41 Å². The van der Waals surface area contributed by atoms with E-state index in [4.69, 9.17) is 10.5 Å². The Hall–Kier alpha value is -2.76. The van der Waals surface area contributed by atoms with E-state index in [1.165, 1.54) is 0 Å². The van der Waals surface area contributed by atoms with Gasteiger partial charge in [0.25, 0.3) is 5.91 Å². The fourth-order valence-electron chi connectivity index (χ4n) is 6.83. The first-order valence-electron chi connectivity index (χ1n) is 14.3. The average molecular weight is 705 g/mol. The molecule has 9 nitrogen and oxygen atoms in total. The number of hydrogen-bond acceptors (Lipinski definition) is 5. The van der Waals surface area contributed by atoms with E-state index in [1.54, 1.807) is 9.80 Å². The summed E-state index contributed by atoms with van der Waals surface area (Å²) in [6, 6.07) is 7.52. The number of benzene rings is 2. The molecule has 2 saturated heterocycles. The van der Waals surface area contributed by atoms with Gasteiger partial charge in [0.1, 0.15) is 16.9 Å². The number of amides is 5.